The summed E-state index contributed by atoms with van der Waals surface area (Å²) in [5, 5.41) is 4.64. The predicted molar refractivity (Wildman–Crippen MR) is 112 cm³/mol. The Morgan fingerprint density at radius 1 is 1.15 bits per heavy atom. The lowest BCUT2D eigenvalue weighted by Gasteiger charge is -2.27. The highest BCUT2D eigenvalue weighted by Gasteiger charge is 2.46. The lowest BCUT2D eigenvalue weighted by atomic mass is 10.0. The van der Waals surface area contributed by atoms with E-state index in [1.165, 1.54) is 18.2 Å². The van der Waals surface area contributed by atoms with Gasteiger partial charge in [-0.15, -0.1) is 0 Å². The standard InChI is InChI=1S/C22H25N3O8/c1-22(2,3)33-17(28)9-10-23-16(27)11-32-14-6-4-5-12-18(14)21(31)25(20(12)30)13-7-8-15(26)24-19(13)29/h4-6,13H,7-11H2,1-3H3,(H,23,27)(H,24,26,29). The second kappa shape index (κ2) is 9.39. The quantitative estimate of drug-likeness (QED) is 0.437. The van der Waals surface area contributed by atoms with E-state index in [1.54, 1.807) is 20.8 Å². The molecule has 0 saturated carbocycles. The summed E-state index contributed by atoms with van der Waals surface area (Å²) in [6, 6.07) is 3.26. The molecular formula is C22H25N3O8. The molecule has 2 aliphatic heterocycles. The molecule has 0 aromatic heterocycles. The van der Waals surface area contributed by atoms with Gasteiger partial charge < -0.3 is 14.8 Å². The Bertz CT molecular complexity index is 1030. The zero-order chi connectivity index (χ0) is 24.3. The molecule has 1 aromatic rings. The number of fused-ring (bicyclic) bond motifs is 1. The average molecular weight is 459 g/mol. The number of nitrogens with zero attached hydrogens (tertiary/aromatic N) is 1. The van der Waals surface area contributed by atoms with Crippen LogP contribution >= 0.6 is 0 Å². The van der Waals surface area contributed by atoms with Crippen LogP contribution in [0.3, 0.4) is 0 Å². The van der Waals surface area contributed by atoms with Crippen LogP contribution in [0.25, 0.3) is 0 Å². The monoisotopic (exact) mass is 459 g/mol. The zero-order valence-corrected chi connectivity index (χ0v) is 18.6. The third-order valence-corrected chi connectivity index (χ3v) is 4.86. The molecular weight excluding hydrogens is 434 g/mol. The van der Waals surface area contributed by atoms with Crippen LogP contribution in [0.5, 0.6) is 5.75 Å². The molecule has 1 atom stereocenters. The van der Waals surface area contributed by atoms with Gasteiger partial charge in [-0.3, -0.25) is 39.0 Å². The van der Waals surface area contributed by atoms with E-state index in [1.807, 2.05) is 0 Å². The number of esters is 1. The molecule has 33 heavy (non-hydrogen) atoms. The van der Waals surface area contributed by atoms with E-state index in [0.29, 0.717) is 0 Å². The highest BCUT2D eigenvalue weighted by atomic mass is 16.6. The fourth-order valence-corrected chi connectivity index (χ4v) is 3.50. The minimum Gasteiger partial charge on any atom is -0.483 e. The number of benzene rings is 1. The summed E-state index contributed by atoms with van der Waals surface area (Å²) < 4.78 is 10.6. The number of imide groups is 2. The highest BCUT2D eigenvalue weighted by molar-refractivity contribution is 6.24. The second-order valence-corrected chi connectivity index (χ2v) is 8.60. The molecule has 2 N–H and O–H groups in total. The molecule has 0 aliphatic carbocycles. The number of hydrogen-bond acceptors (Lipinski definition) is 8. The SMILES string of the molecule is CC(C)(C)OC(=O)CCNC(=O)COc1cccc2c1C(=O)N(C1CCC(=O)NC1=O)C2=O. The number of carbonyl (C=O) groups is 6. The van der Waals surface area contributed by atoms with E-state index < -0.39 is 53.8 Å². The third kappa shape index (κ3) is 5.54. The Labute approximate surface area is 189 Å². The Balaban J connectivity index is 1.61. The van der Waals surface area contributed by atoms with Gasteiger partial charge in [0.1, 0.15) is 17.4 Å². The number of ether oxygens (including phenoxy) is 2. The van der Waals surface area contributed by atoms with Crippen molar-refractivity contribution in [2.45, 2.75) is 51.7 Å². The summed E-state index contributed by atoms with van der Waals surface area (Å²) in [6.45, 7) is 4.81. The van der Waals surface area contributed by atoms with Crippen LogP contribution in [-0.2, 0) is 23.9 Å². The molecule has 2 heterocycles. The van der Waals surface area contributed by atoms with Crippen molar-refractivity contribution in [2.24, 2.45) is 0 Å². The number of hydrogen-bond donors (Lipinski definition) is 2. The summed E-state index contributed by atoms with van der Waals surface area (Å²) in [7, 11) is 0. The van der Waals surface area contributed by atoms with Gasteiger partial charge in [0.25, 0.3) is 17.7 Å². The maximum absolute atomic E-state index is 13.0. The summed E-state index contributed by atoms with van der Waals surface area (Å²) in [4.78, 5) is 73.9. The maximum Gasteiger partial charge on any atom is 0.308 e. The number of amides is 5. The van der Waals surface area contributed by atoms with E-state index >= 15 is 0 Å². The van der Waals surface area contributed by atoms with Gasteiger partial charge in [0, 0.05) is 13.0 Å². The zero-order valence-electron chi connectivity index (χ0n) is 18.6. The van der Waals surface area contributed by atoms with Crippen LogP contribution < -0.4 is 15.4 Å². The second-order valence-electron chi connectivity index (χ2n) is 8.60. The van der Waals surface area contributed by atoms with Crippen molar-refractivity contribution in [2.75, 3.05) is 13.2 Å². The molecule has 11 nitrogen and oxygen atoms in total. The first-order chi connectivity index (χ1) is 15.5. The van der Waals surface area contributed by atoms with Gasteiger partial charge in [0.2, 0.25) is 11.8 Å². The van der Waals surface area contributed by atoms with Gasteiger partial charge in [0.05, 0.1) is 17.5 Å². The van der Waals surface area contributed by atoms with Crippen molar-refractivity contribution < 1.29 is 38.2 Å². The van der Waals surface area contributed by atoms with E-state index in [-0.39, 0.29) is 42.7 Å². The van der Waals surface area contributed by atoms with Crippen LogP contribution in [0.1, 0.15) is 60.7 Å². The third-order valence-electron chi connectivity index (χ3n) is 4.86. The topological polar surface area (TPSA) is 148 Å². The largest absolute Gasteiger partial charge is 0.483 e. The van der Waals surface area contributed by atoms with E-state index in [4.69, 9.17) is 9.47 Å². The van der Waals surface area contributed by atoms with Crippen LogP contribution in [0.4, 0.5) is 0 Å². The summed E-state index contributed by atoms with van der Waals surface area (Å²) >= 11 is 0. The smallest absolute Gasteiger partial charge is 0.308 e. The molecule has 0 spiro atoms. The Morgan fingerprint density at radius 2 is 1.88 bits per heavy atom. The van der Waals surface area contributed by atoms with Crippen molar-refractivity contribution in [3.63, 3.8) is 0 Å². The average Bonchev–Trinajstić information content (AvgIpc) is 2.96. The highest BCUT2D eigenvalue weighted by Crippen LogP contribution is 2.33. The minimum atomic E-state index is -1.10. The normalized spacial score (nSPS) is 18.0. The van der Waals surface area contributed by atoms with Crippen LogP contribution in [0, 0.1) is 0 Å². The molecule has 0 bridgehead atoms. The molecule has 176 valence electrons. The molecule has 1 aromatic carbocycles. The Morgan fingerprint density at radius 3 is 2.55 bits per heavy atom. The van der Waals surface area contributed by atoms with Gasteiger partial charge in [0.15, 0.2) is 6.61 Å². The summed E-state index contributed by atoms with van der Waals surface area (Å²) in [5.74, 6) is -3.55. The number of piperidine rings is 1. The van der Waals surface area contributed by atoms with Crippen molar-refractivity contribution in [1.29, 1.82) is 0 Å². The van der Waals surface area contributed by atoms with E-state index in [0.717, 1.165) is 4.90 Å². The molecule has 3 rings (SSSR count). The molecule has 1 fully saturated rings. The van der Waals surface area contributed by atoms with Crippen molar-refractivity contribution in [3.8, 4) is 5.75 Å². The molecule has 11 heteroatoms. The lowest BCUT2D eigenvalue weighted by molar-refractivity contribution is -0.154. The van der Waals surface area contributed by atoms with Crippen LogP contribution in [0.2, 0.25) is 0 Å². The first kappa shape index (κ1) is 23.9. The Hall–Kier alpha value is -3.76. The molecule has 1 unspecified atom stereocenters. The summed E-state index contributed by atoms with van der Waals surface area (Å²) in [5.41, 5.74) is -0.620. The molecule has 1 saturated heterocycles. The number of rotatable bonds is 7. The van der Waals surface area contributed by atoms with Crippen LogP contribution in [0.15, 0.2) is 18.2 Å². The first-order valence-corrected chi connectivity index (χ1v) is 10.4. The predicted octanol–water partition coefficient (Wildman–Crippen LogP) is 0.315. The minimum absolute atomic E-state index is 0.0106. The summed E-state index contributed by atoms with van der Waals surface area (Å²) in [6.07, 6.45) is 0.0284. The molecule has 0 radical (unpaired) electrons. The van der Waals surface area contributed by atoms with Gasteiger partial charge in [-0.2, -0.15) is 0 Å². The number of carbonyl (C=O) groups excluding carboxylic acids is 6. The first-order valence-electron chi connectivity index (χ1n) is 10.4. The van der Waals surface area contributed by atoms with Gasteiger partial charge in [-0.25, -0.2) is 0 Å². The van der Waals surface area contributed by atoms with Gasteiger partial charge in [-0.1, -0.05) is 6.07 Å². The van der Waals surface area contributed by atoms with E-state index in [2.05, 4.69) is 10.6 Å². The van der Waals surface area contributed by atoms with E-state index in [9.17, 15) is 28.8 Å². The van der Waals surface area contributed by atoms with Crippen molar-refractivity contribution in [1.82, 2.24) is 15.5 Å². The fraction of sp³-hybridized carbons (Fsp3) is 0.455. The molecule has 5 amide bonds. The lowest BCUT2D eigenvalue weighted by Crippen LogP contribution is -2.54. The number of nitrogens with one attached hydrogen (secondary N) is 2. The van der Waals surface area contributed by atoms with Crippen molar-refractivity contribution in [3.05, 3.63) is 29.3 Å². The van der Waals surface area contributed by atoms with Gasteiger partial charge in [-0.05, 0) is 39.3 Å². The van der Waals surface area contributed by atoms with Gasteiger partial charge >= 0.3 is 5.97 Å². The Kier molecular flexibility index (Phi) is 6.80. The van der Waals surface area contributed by atoms with Crippen molar-refractivity contribution >= 4 is 35.5 Å². The fourth-order valence-electron chi connectivity index (χ4n) is 3.50. The maximum atomic E-state index is 13.0. The van der Waals surface area contributed by atoms with Crippen LogP contribution in [-0.4, -0.2) is 65.2 Å². The molecule has 2 aliphatic rings.